The van der Waals surface area contributed by atoms with Crippen LogP contribution in [0.1, 0.15) is 13.3 Å². The number of nitrogens with one attached hydrogen (secondary N) is 1. The van der Waals surface area contributed by atoms with E-state index in [9.17, 15) is 8.42 Å². The molecule has 6 nitrogen and oxygen atoms in total. The molecule has 7 heteroatoms. The third-order valence-electron chi connectivity index (χ3n) is 3.81. The number of rotatable bonds is 6. The van der Waals surface area contributed by atoms with Gasteiger partial charge in [0.2, 0.25) is 10.0 Å². The number of hydrogen-bond donors (Lipinski definition) is 1. The molecule has 0 saturated carbocycles. The average Bonchev–Trinajstić information content (AvgIpc) is 2.85. The minimum atomic E-state index is -3.51. The van der Waals surface area contributed by atoms with Gasteiger partial charge >= 0.3 is 0 Å². The first-order valence-corrected chi connectivity index (χ1v) is 8.73. The number of likely N-dealkylation sites (tertiary alicyclic amines) is 1. The number of nitrogens with zero attached hydrogens (tertiary/aromatic N) is 3. The molecule has 1 fully saturated rings. The molecular formula is C14H24N4O2S. The lowest BCUT2D eigenvalue weighted by atomic mass is 10.1. The van der Waals surface area contributed by atoms with Gasteiger partial charge in [-0.15, -0.1) is 0 Å². The Morgan fingerprint density at radius 3 is 2.90 bits per heavy atom. The monoisotopic (exact) mass is 312 g/mol. The van der Waals surface area contributed by atoms with Gasteiger partial charge in [0.1, 0.15) is 10.7 Å². The molecule has 1 aliphatic rings. The first-order chi connectivity index (χ1) is 9.95. The highest BCUT2D eigenvalue weighted by molar-refractivity contribution is 7.89. The Balaban J connectivity index is 2.17. The molecule has 0 amide bonds. The zero-order valence-electron chi connectivity index (χ0n) is 12.9. The van der Waals surface area contributed by atoms with Gasteiger partial charge in [-0.1, -0.05) is 0 Å². The molecular weight excluding hydrogens is 288 g/mol. The van der Waals surface area contributed by atoms with Crippen molar-refractivity contribution < 1.29 is 8.42 Å². The van der Waals surface area contributed by atoms with Gasteiger partial charge in [-0.05, 0) is 45.0 Å². The lowest BCUT2D eigenvalue weighted by Gasteiger charge is -2.22. The fraction of sp³-hybridized carbons (Fsp3) is 0.643. The van der Waals surface area contributed by atoms with Crippen molar-refractivity contribution in [1.82, 2.24) is 14.2 Å². The van der Waals surface area contributed by atoms with Crippen LogP contribution in [0.4, 0.5) is 5.82 Å². The second-order valence-corrected chi connectivity index (χ2v) is 7.60. The van der Waals surface area contributed by atoms with E-state index in [1.165, 1.54) is 4.31 Å². The lowest BCUT2D eigenvalue weighted by Crippen LogP contribution is -2.33. The molecule has 1 unspecified atom stereocenters. The lowest BCUT2D eigenvalue weighted by molar-refractivity contribution is 0.357. The maximum atomic E-state index is 12.7. The molecule has 1 aliphatic heterocycles. The van der Waals surface area contributed by atoms with E-state index in [-0.39, 0.29) is 4.90 Å². The Morgan fingerprint density at radius 1 is 1.52 bits per heavy atom. The Kier molecular flexibility index (Phi) is 5.18. The Hall–Kier alpha value is -1.18. The van der Waals surface area contributed by atoms with Gasteiger partial charge in [0.05, 0.1) is 0 Å². The molecule has 1 N–H and O–H groups in total. The summed E-state index contributed by atoms with van der Waals surface area (Å²) in [5, 5.41) is 3.01. The van der Waals surface area contributed by atoms with E-state index in [4.69, 9.17) is 0 Å². The van der Waals surface area contributed by atoms with Gasteiger partial charge in [0.15, 0.2) is 0 Å². The Morgan fingerprint density at radius 2 is 2.29 bits per heavy atom. The summed E-state index contributed by atoms with van der Waals surface area (Å²) >= 11 is 0. The molecule has 21 heavy (non-hydrogen) atoms. The molecule has 0 bridgehead atoms. The van der Waals surface area contributed by atoms with Crippen LogP contribution in [0.25, 0.3) is 0 Å². The van der Waals surface area contributed by atoms with E-state index in [2.05, 4.69) is 22.2 Å². The van der Waals surface area contributed by atoms with E-state index >= 15 is 0 Å². The second kappa shape index (κ2) is 6.72. The standard InChI is InChI=1S/C14H24N4O2S/c1-4-15-14-13(6-5-8-16-14)21(19,20)18(3)11-12-7-9-17(2)10-12/h5-6,8,12H,4,7,9-11H2,1-3H3,(H,15,16). The third-order valence-corrected chi connectivity index (χ3v) is 5.66. The van der Waals surface area contributed by atoms with E-state index in [0.717, 1.165) is 19.5 Å². The van der Waals surface area contributed by atoms with E-state index in [1.54, 1.807) is 25.4 Å². The number of anilines is 1. The molecule has 0 spiro atoms. The minimum Gasteiger partial charge on any atom is -0.369 e. The smallest absolute Gasteiger partial charge is 0.246 e. The van der Waals surface area contributed by atoms with Crippen molar-refractivity contribution >= 4 is 15.8 Å². The van der Waals surface area contributed by atoms with Crippen LogP contribution >= 0.6 is 0 Å². The van der Waals surface area contributed by atoms with Crippen LogP contribution in [0.2, 0.25) is 0 Å². The van der Waals surface area contributed by atoms with E-state index < -0.39 is 10.0 Å². The van der Waals surface area contributed by atoms with Gasteiger partial charge in [0, 0.05) is 32.9 Å². The van der Waals surface area contributed by atoms with Crippen molar-refractivity contribution in [2.75, 3.05) is 45.6 Å². The first kappa shape index (κ1) is 16.2. The molecule has 0 aliphatic carbocycles. The van der Waals surface area contributed by atoms with Crippen LogP contribution < -0.4 is 5.32 Å². The zero-order chi connectivity index (χ0) is 15.5. The second-order valence-electron chi connectivity index (χ2n) is 5.58. The predicted molar refractivity (Wildman–Crippen MR) is 83.8 cm³/mol. The molecule has 2 heterocycles. The number of pyridine rings is 1. The van der Waals surface area contributed by atoms with Crippen molar-refractivity contribution in [3.63, 3.8) is 0 Å². The Labute approximate surface area is 127 Å². The fourth-order valence-electron chi connectivity index (χ4n) is 2.70. The van der Waals surface area contributed by atoms with Crippen LogP contribution in [0.3, 0.4) is 0 Å². The van der Waals surface area contributed by atoms with Crippen molar-refractivity contribution in [3.8, 4) is 0 Å². The first-order valence-electron chi connectivity index (χ1n) is 7.29. The van der Waals surface area contributed by atoms with Gasteiger partial charge in [-0.3, -0.25) is 0 Å². The summed E-state index contributed by atoms with van der Waals surface area (Å²) in [4.78, 5) is 6.62. The predicted octanol–water partition coefficient (Wildman–Crippen LogP) is 1.09. The largest absolute Gasteiger partial charge is 0.369 e. The quantitative estimate of drug-likeness (QED) is 0.852. The topological polar surface area (TPSA) is 65.5 Å². The third kappa shape index (κ3) is 3.72. The molecule has 1 atom stereocenters. The molecule has 118 valence electrons. The average molecular weight is 312 g/mol. The molecule has 2 rings (SSSR count). The minimum absolute atomic E-state index is 0.251. The van der Waals surface area contributed by atoms with Crippen molar-refractivity contribution in [2.45, 2.75) is 18.2 Å². The molecule has 1 aromatic rings. The van der Waals surface area contributed by atoms with Gasteiger partial charge < -0.3 is 10.2 Å². The van der Waals surface area contributed by atoms with Gasteiger partial charge in [-0.2, -0.15) is 0 Å². The Bertz CT molecular complexity index is 576. The SMILES string of the molecule is CCNc1ncccc1S(=O)(=O)N(C)CC1CCN(C)C1. The van der Waals surface area contributed by atoms with E-state index in [1.807, 2.05) is 6.92 Å². The highest BCUT2D eigenvalue weighted by Crippen LogP contribution is 2.24. The highest BCUT2D eigenvalue weighted by atomic mass is 32.2. The summed E-state index contributed by atoms with van der Waals surface area (Å²) in [6, 6.07) is 3.27. The molecule has 1 aromatic heterocycles. The summed E-state index contributed by atoms with van der Waals surface area (Å²) in [6.45, 7) is 5.09. The number of aromatic nitrogens is 1. The molecule has 0 aromatic carbocycles. The summed E-state index contributed by atoms with van der Waals surface area (Å²) in [5.41, 5.74) is 0. The van der Waals surface area contributed by atoms with Crippen LogP contribution in [-0.4, -0.2) is 62.9 Å². The van der Waals surface area contributed by atoms with Gasteiger partial charge in [0.25, 0.3) is 0 Å². The normalized spacial score (nSPS) is 20.1. The molecule has 1 saturated heterocycles. The van der Waals surface area contributed by atoms with Crippen LogP contribution in [0.15, 0.2) is 23.2 Å². The fourth-order valence-corrected chi connectivity index (χ4v) is 4.07. The van der Waals surface area contributed by atoms with Crippen LogP contribution in [-0.2, 0) is 10.0 Å². The summed E-state index contributed by atoms with van der Waals surface area (Å²) in [7, 11) is 0.211. The van der Waals surface area contributed by atoms with Crippen molar-refractivity contribution in [2.24, 2.45) is 5.92 Å². The van der Waals surface area contributed by atoms with E-state index in [0.29, 0.717) is 24.8 Å². The van der Waals surface area contributed by atoms with Crippen molar-refractivity contribution in [1.29, 1.82) is 0 Å². The molecule has 0 radical (unpaired) electrons. The maximum Gasteiger partial charge on any atom is 0.246 e. The van der Waals surface area contributed by atoms with Crippen LogP contribution in [0, 0.1) is 5.92 Å². The summed E-state index contributed by atoms with van der Waals surface area (Å²) in [6.07, 6.45) is 2.65. The summed E-state index contributed by atoms with van der Waals surface area (Å²) < 4.78 is 26.9. The maximum absolute atomic E-state index is 12.7. The number of hydrogen-bond acceptors (Lipinski definition) is 5. The highest BCUT2D eigenvalue weighted by Gasteiger charge is 2.29. The van der Waals surface area contributed by atoms with Gasteiger partial charge in [-0.25, -0.2) is 17.7 Å². The summed E-state index contributed by atoms with van der Waals surface area (Å²) in [5.74, 6) is 0.824. The number of sulfonamides is 1. The van der Waals surface area contributed by atoms with Crippen LogP contribution in [0.5, 0.6) is 0 Å². The van der Waals surface area contributed by atoms with Crippen molar-refractivity contribution in [3.05, 3.63) is 18.3 Å². The zero-order valence-corrected chi connectivity index (χ0v) is 13.7.